The number of nitrogens with zero attached hydrogens (tertiary/aromatic N) is 2. The van der Waals surface area contributed by atoms with Gasteiger partial charge in [-0.25, -0.2) is 9.78 Å². The van der Waals surface area contributed by atoms with Crippen LogP contribution < -0.4 is 5.73 Å². The van der Waals surface area contributed by atoms with Crippen LogP contribution in [0.5, 0.6) is 0 Å². The molecule has 0 saturated heterocycles. The van der Waals surface area contributed by atoms with Gasteiger partial charge in [-0.3, -0.25) is 13.8 Å². The fourth-order valence-electron chi connectivity index (χ4n) is 2.07. The molecule has 1 aromatic rings. The molecule has 1 aromatic heterocycles. The van der Waals surface area contributed by atoms with E-state index in [9.17, 15) is 9.59 Å². The van der Waals surface area contributed by atoms with E-state index >= 15 is 0 Å². The van der Waals surface area contributed by atoms with Gasteiger partial charge < -0.3 is 19.8 Å². The summed E-state index contributed by atoms with van der Waals surface area (Å²) in [5, 5.41) is 5.68. The molecule has 0 bridgehead atoms. The van der Waals surface area contributed by atoms with Gasteiger partial charge in [0.1, 0.15) is 12.2 Å². The largest absolute Gasteiger partial charge is 0.460 e. The molecule has 0 radical (unpaired) electrons. The van der Waals surface area contributed by atoms with Crippen molar-refractivity contribution in [3.63, 3.8) is 0 Å². The van der Waals surface area contributed by atoms with Crippen LogP contribution in [0.25, 0.3) is 0 Å². The van der Waals surface area contributed by atoms with Crippen molar-refractivity contribution in [3.05, 3.63) is 11.1 Å². The average Bonchev–Trinajstić information content (AvgIpc) is 3.02. The molecule has 10 nitrogen and oxygen atoms in total. The molecule has 1 heterocycles. The number of aromatic nitrogens is 1. The highest BCUT2D eigenvalue weighted by Gasteiger charge is 2.25. The lowest BCUT2D eigenvalue weighted by molar-refractivity contribution is -0.155. The minimum atomic E-state index is -3.17. The van der Waals surface area contributed by atoms with Gasteiger partial charge in [0.25, 0.3) is 0 Å². The second kappa shape index (κ2) is 12.3. The maximum Gasteiger partial charge on any atom is 0.382 e. The molecule has 170 valence electrons. The van der Waals surface area contributed by atoms with Crippen molar-refractivity contribution in [2.45, 2.75) is 52.6 Å². The molecule has 1 rings (SSSR count). The normalized spacial score (nSPS) is 13.2. The molecule has 0 aliphatic carbocycles. The topological polar surface area (TPSA) is 132 Å². The lowest BCUT2D eigenvalue weighted by Gasteiger charge is -2.21. The molecule has 0 amide bonds. The third kappa shape index (κ3) is 10.4. The van der Waals surface area contributed by atoms with Crippen molar-refractivity contribution < 1.29 is 32.7 Å². The maximum atomic E-state index is 12.2. The fraction of sp³-hybridized carbons (Fsp3) is 0.647. The van der Waals surface area contributed by atoms with Crippen LogP contribution in [0.3, 0.4) is 0 Å². The van der Waals surface area contributed by atoms with Crippen LogP contribution in [0.4, 0.5) is 5.13 Å². The molecular weight excluding hydrogens is 453 g/mol. The summed E-state index contributed by atoms with van der Waals surface area (Å²) in [5.74, 6) is -1.74. The van der Waals surface area contributed by atoms with Gasteiger partial charge in [-0.05, 0) is 34.6 Å². The van der Waals surface area contributed by atoms with E-state index in [1.54, 1.807) is 40.0 Å². The second-order valence-electron chi connectivity index (χ2n) is 6.82. The van der Waals surface area contributed by atoms with Crippen LogP contribution in [-0.2, 0) is 44.5 Å². The van der Waals surface area contributed by atoms with Crippen LogP contribution >= 0.6 is 18.1 Å². The molecule has 0 aliphatic rings. The highest BCUT2D eigenvalue weighted by molar-refractivity contribution is 8.07. The molecule has 2 N–H and O–H groups in total. The molecule has 0 aliphatic heterocycles. The number of carbonyl (C=O) groups excluding carboxylic acids is 2. The quantitative estimate of drug-likeness (QED) is 0.205. The Morgan fingerprint density at radius 2 is 1.97 bits per heavy atom. The Morgan fingerprint density at radius 1 is 1.33 bits per heavy atom. The van der Waals surface area contributed by atoms with Crippen molar-refractivity contribution in [2.24, 2.45) is 5.16 Å². The predicted molar refractivity (Wildman–Crippen MR) is 118 cm³/mol. The summed E-state index contributed by atoms with van der Waals surface area (Å²) >= 11 is 6.35. The third-order valence-corrected chi connectivity index (χ3v) is 6.18. The van der Waals surface area contributed by atoms with Crippen LogP contribution in [-0.4, -0.2) is 48.6 Å². The minimum Gasteiger partial charge on any atom is -0.460 e. The van der Waals surface area contributed by atoms with Gasteiger partial charge >= 0.3 is 18.7 Å². The number of thiazole rings is 1. The van der Waals surface area contributed by atoms with Gasteiger partial charge in [0.2, 0.25) is 0 Å². The van der Waals surface area contributed by atoms with Gasteiger partial charge in [0.15, 0.2) is 11.3 Å². The third-order valence-electron chi connectivity index (χ3n) is 3.08. The first-order chi connectivity index (χ1) is 14.0. The van der Waals surface area contributed by atoms with Crippen molar-refractivity contribution in [1.29, 1.82) is 0 Å². The Kier molecular flexibility index (Phi) is 10.9. The average molecular weight is 482 g/mol. The molecule has 0 aromatic carbocycles. The molecule has 13 heteroatoms. The van der Waals surface area contributed by atoms with Gasteiger partial charge in [-0.1, -0.05) is 5.16 Å². The minimum absolute atomic E-state index is 0.00981. The smallest absolute Gasteiger partial charge is 0.382 e. The summed E-state index contributed by atoms with van der Waals surface area (Å²) in [5.41, 5.74) is 5.64. The number of ether oxygens (including phenoxy) is 1. The van der Waals surface area contributed by atoms with Crippen molar-refractivity contribution in [3.8, 4) is 0 Å². The highest BCUT2D eigenvalue weighted by Crippen LogP contribution is 2.49. The Labute approximate surface area is 185 Å². The highest BCUT2D eigenvalue weighted by atomic mass is 32.5. The zero-order valence-electron chi connectivity index (χ0n) is 17.7. The number of hydrogen-bond donors (Lipinski definition) is 1. The summed E-state index contributed by atoms with van der Waals surface area (Å²) in [7, 11) is 0. The van der Waals surface area contributed by atoms with Gasteiger partial charge in [0, 0.05) is 23.1 Å². The monoisotopic (exact) mass is 481 g/mol. The van der Waals surface area contributed by atoms with E-state index in [-0.39, 0.29) is 26.2 Å². The lowest BCUT2D eigenvalue weighted by atomic mass is 10.0. The Hall–Kier alpha value is -1.59. The first-order valence-corrected chi connectivity index (χ1v) is 12.6. The van der Waals surface area contributed by atoms with E-state index in [1.807, 2.05) is 0 Å². The summed E-state index contributed by atoms with van der Waals surface area (Å²) < 4.78 is 20.8. The van der Waals surface area contributed by atoms with E-state index in [1.165, 1.54) is 11.3 Å². The second-order valence-corrected chi connectivity index (χ2v) is 10.6. The first kappa shape index (κ1) is 26.4. The Morgan fingerprint density at radius 3 is 2.47 bits per heavy atom. The predicted octanol–water partition coefficient (Wildman–Crippen LogP) is 3.38. The molecular formula is C17H28N3O7PS2. The van der Waals surface area contributed by atoms with E-state index in [0.717, 1.165) is 6.21 Å². The number of anilines is 1. The van der Waals surface area contributed by atoms with Crippen molar-refractivity contribution in [2.75, 3.05) is 25.6 Å². The van der Waals surface area contributed by atoms with Crippen LogP contribution in [0.15, 0.2) is 10.5 Å². The fourth-order valence-corrected chi connectivity index (χ4v) is 4.65. The Balaban J connectivity index is 2.69. The number of nitrogen functional groups attached to an aromatic ring is 1. The van der Waals surface area contributed by atoms with E-state index in [0.29, 0.717) is 10.8 Å². The van der Waals surface area contributed by atoms with Gasteiger partial charge in [-0.15, -0.1) is 11.3 Å². The van der Waals surface area contributed by atoms with Crippen molar-refractivity contribution in [1.82, 2.24) is 4.98 Å². The van der Waals surface area contributed by atoms with Gasteiger partial charge in [0.05, 0.1) is 25.3 Å². The van der Waals surface area contributed by atoms with E-state index in [4.69, 9.17) is 40.7 Å². The summed E-state index contributed by atoms with van der Waals surface area (Å²) in [4.78, 5) is 33.5. The van der Waals surface area contributed by atoms with E-state index in [2.05, 4.69) is 10.1 Å². The molecule has 0 fully saturated rings. The number of carbonyl (C=O) groups is 2. The number of esters is 1. The number of hydrogen-bond acceptors (Lipinski definition) is 12. The molecule has 0 spiro atoms. The van der Waals surface area contributed by atoms with Gasteiger partial charge in [-0.2, -0.15) is 0 Å². The van der Waals surface area contributed by atoms with Crippen LogP contribution in [0.2, 0.25) is 0 Å². The molecule has 30 heavy (non-hydrogen) atoms. The Bertz CT molecular complexity index is 770. The zero-order chi connectivity index (χ0) is 22.8. The summed E-state index contributed by atoms with van der Waals surface area (Å²) in [6, 6.07) is 0. The zero-order valence-corrected chi connectivity index (χ0v) is 20.2. The number of nitrogens with two attached hydrogens (primary N) is 1. The SMILES string of the molecule is CCOP(=S)(OCC)OC(=O)/C=N/OCC(CC(=O)OC(C)(C)C)c1csc(N)n1. The molecule has 0 saturated carbocycles. The van der Waals surface area contributed by atoms with E-state index < -0.39 is 30.2 Å². The standard InChI is InChI=1S/C17H28N3O7PS2/c1-6-24-28(29,25-7-2)27-15(22)9-19-23-10-12(13-11-30-16(18)20-13)8-14(21)26-17(3,4)5/h9,11-12H,6-8,10H2,1-5H3,(H2,18,20)/b19-9+. The molecule has 1 unspecified atom stereocenters. The number of rotatable bonds is 12. The maximum absolute atomic E-state index is 12.2. The van der Waals surface area contributed by atoms with Crippen LogP contribution in [0.1, 0.15) is 52.7 Å². The lowest BCUT2D eigenvalue weighted by Crippen LogP contribution is -2.25. The first-order valence-electron chi connectivity index (χ1n) is 9.18. The number of oxime groups is 1. The molecule has 1 atom stereocenters. The van der Waals surface area contributed by atoms with Crippen molar-refractivity contribution >= 4 is 53.1 Å². The summed E-state index contributed by atoms with van der Waals surface area (Å²) in [6.07, 6.45) is 0.828. The van der Waals surface area contributed by atoms with Crippen LogP contribution in [0, 0.1) is 0 Å². The summed E-state index contributed by atoms with van der Waals surface area (Å²) in [6.45, 7) is 6.02.